The van der Waals surface area contributed by atoms with Crippen molar-refractivity contribution < 1.29 is 23.5 Å². The molecule has 1 amide bonds. The van der Waals surface area contributed by atoms with Crippen LogP contribution >= 0.6 is 0 Å². The first kappa shape index (κ1) is 13.2. The molecule has 0 aromatic heterocycles. The molecule has 18 heavy (non-hydrogen) atoms. The number of carboxylic acids is 1. The number of likely N-dealkylation sites (tertiary alicyclic amines) is 1. The van der Waals surface area contributed by atoms with Crippen LogP contribution in [0.5, 0.6) is 0 Å². The number of carbonyl (C=O) groups is 2. The van der Waals surface area contributed by atoms with Crippen LogP contribution in [-0.4, -0.2) is 40.9 Å². The minimum atomic E-state index is -2.62. The van der Waals surface area contributed by atoms with Gasteiger partial charge in [-0.05, 0) is 18.8 Å². The van der Waals surface area contributed by atoms with Gasteiger partial charge in [-0.15, -0.1) is 0 Å². The SMILES string of the molecule is O=C(O)C1CCC(=O)N(CC2CCC(F)(F)C2)C1. The molecule has 0 radical (unpaired) electrons. The number of carbonyl (C=O) groups excluding carboxylic acids is 1. The van der Waals surface area contributed by atoms with E-state index < -0.39 is 17.8 Å². The predicted molar refractivity (Wildman–Crippen MR) is 59.2 cm³/mol. The van der Waals surface area contributed by atoms with Crippen LogP contribution in [0.1, 0.15) is 32.1 Å². The Balaban J connectivity index is 1.91. The van der Waals surface area contributed by atoms with Gasteiger partial charge >= 0.3 is 5.97 Å². The van der Waals surface area contributed by atoms with Crippen LogP contribution in [0.4, 0.5) is 8.78 Å². The number of rotatable bonds is 3. The van der Waals surface area contributed by atoms with E-state index >= 15 is 0 Å². The highest BCUT2D eigenvalue weighted by molar-refractivity contribution is 5.80. The second kappa shape index (κ2) is 4.82. The summed E-state index contributed by atoms with van der Waals surface area (Å²) in [5.41, 5.74) is 0. The van der Waals surface area contributed by atoms with Crippen LogP contribution in [0, 0.1) is 11.8 Å². The second-order valence-electron chi connectivity index (χ2n) is 5.34. The monoisotopic (exact) mass is 261 g/mol. The molecule has 1 N–H and O–H groups in total. The molecule has 1 saturated heterocycles. The van der Waals surface area contributed by atoms with Gasteiger partial charge in [-0.1, -0.05) is 0 Å². The summed E-state index contributed by atoms with van der Waals surface area (Å²) < 4.78 is 26.1. The van der Waals surface area contributed by atoms with Gasteiger partial charge in [0, 0.05) is 32.4 Å². The Labute approximate surface area is 104 Å². The standard InChI is InChI=1S/C12H17F2NO3/c13-12(14)4-3-8(5-12)6-15-7-9(11(17)18)1-2-10(15)16/h8-9H,1-7H2,(H,17,18). The van der Waals surface area contributed by atoms with Gasteiger partial charge in [0.2, 0.25) is 11.8 Å². The molecule has 4 nitrogen and oxygen atoms in total. The minimum absolute atomic E-state index is 0.109. The van der Waals surface area contributed by atoms with Crippen molar-refractivity contribution in [2.75, 3.05) is 13.1 Å². The smallest absolute Gasteiger partial charge is 0.308 e. The maximum atomic E-state index is 13.1. The van der Waals surface area contributed by atoms with Crippen molar-refractivity contribution >= 4 is 11.9 Å². The average molecular weight is 261 g/mol. The van der Waals surface area contributed by atoms with Gasteiger partial charge in [0.05, 0.1) is 5.92 Å². The highest BCUT2D eigenvalue weighted by Gasteiger charge is 2.41. The number of aliphatic carboxylic acids is 1. The number of alkyl halides is 2. The van der Waals surface area contributed by atoms with Gasteiger partial charge in [0.15, 0.2) is 0 Å². The van der Waals surface area contributed by atoms with Crippen molar-refractivity contribution in [2.24, 2.45) is 11.8 Å². The van der Waals surface area contributed by atoms with Gasteiger partial charge in [-0.3, -0.25) is 9.59 Å². The third-order valence-electron chi connectivity index (χ3n) is 3.83. The topological polar surface area (TPSA) is 57.6 Å². The number of piperidine rings is 1. The van der Waals surface area contributed by atoms with Crippen LogP contribution in [0.2, 0.25) is 0 Å². The third kappa shape index (κ3) is 2.97. The molecule has 1 saturated carbocycles. The Hall–Kier alpha value is -1.20. The third-order valence-corrected chi connectivity index (χ3v) is 3.83. The highest BCUT2D eigenvalue weighted by Crippen LogP contribution is 2.39. The van der Waals surface area contributed by atoms with E-state index in [9.17, 15) is 18.4 Å². The minimum Gasteiger partial charge on any atom is -0.481 e. The number of nitrogens with zero attached hydrogens (tertiary/aromatic N) is 1. The zero-order chi connectivity index (χ0) is 13.3. The van der Waals surface area contributed by atoms with Crippen molar-refractivity contribution in [1.29, 1.82) is 0 Å². The molecule has 2 atom stereocenters. The Morgan fingerprint density at radius 3 is 2.72 bits per heavy atom. The van der Waals surface area contributed by atoms with Crippen molar-refractivity contribution in [3.63, 3.8) is 0 Å². The van der Waals surface area contributed by atoms with E-state index in [1.807, 2.05) is 0 Å². The van der Waals surface area contributed by atoms with Crippen molar-refractivity contribution in [1.82, 2.24) is 4.90 Å². The van der Waals surface area contributed by atoms with E-state index in [0.717, 1.165) is 0 Å². The van der Waals surface area contributed by atoms with E-state index in [4.69, 9.17) is 5.11 Å². The zero-order valence-corrected chi connectivity index (χ0v) is 10.1. The number of amides is 1. The van der Waals surface area contributed by atoms with Crippen molar-refractivity contribution in [3.8, 4) is 0 Å². The number of hydrogen-bond donors (Lipinski definition) is 1. The fourth-order valence-electron chi connectivity index (χ4n) is 2.80. The van der Waals surface area contributed by atoms with E-state index in [-0.39, 0.29) is 44.2 Å². The van der Waals surface area contributed by atoms with Gasteiger partial charge in [0.1, 0.15) is 0 Å². The molecule has 1 heterocycles. The Bertz CT molecular complexity index is 359. The summed E-state index contributed by atoms with van der Waals surface area (Å²) in [7, 11) is 0. The zero-order valence-electron chi connectivity index (χ0n) is 10.1. The van der Waals surface area contributed by atoms with Crippen LogP contribution in [0.25, 0.3) is 0 Å². The summed E-state index contributed by atoms with van der Waals surface area (Å²) in [5.74, 6) is -4.39. The molecule has 6 heteroatoms. The molecule has 2 unspecified atom stereocenters. The van der Waals surface area contributed by atoms with Crippen LogP contribution < -0.4 is 0 Å². The molecule has 102 valence electrons. The maximum absolute atomic E-state index is 13.1. The lowest BCUT2D eigenvalue weighted by atomic mass is 9.96. The van der Waals surface area contributed by atoms with Crippen molar-refractivity contribution in [2.45, 2.75) is 38.0 Å². The van der Waals surface area contributed by atoms with Crippen LogP contribution in [0.15, 0.2) is 0 Å². The molecule has 0 spiro atoms. The van der Waals surface area contributed by atoms with Gasteiger partial charge in [-0.2, -0.15) is 0 Å². The molecule has 2 rings (SSSR count). The van der Waals surface area contributed by atoms with E-state index in [1.54, 1.807) is 0 Å². The Morgan fingerprint density at radius 2 is 2.17 bits per heavy atom. The Kier molecular flexibility index (Phi) is 3.54. The summed E-state index contributed by atoms with van der Waals surface area (Å²) in [5, 5.41) is 8.93. The van der Waals surface area contributed by atoms with Crippen molar-refractivity contribution in [3.05, 3.63) is 0 Å². The molecule has 1 aliphatic heterocycles. The summed E-state index contributed by atoms with van der Waals surface area (Å²) >= 11 is 0. The second-order valence-corrected chi connectivity index (χ2v) is 5.34. The normalized spacial score (nSPS) is 31.7. The summed E-state index contributed by atoms with van der Waals surface area (Å²) in [6.07, 6.45) is 0.663. The predicted octanol–water partition coefficient (Wildman–Crippen LogP) is 1.74. The van der Waals surface area contributed by atoms with E-state index in [2.05, 4.69) is 0 Å². The lowest BCUT2D eigenvalue weighted by Gasteiger charge is -2.32. The number of carboxylic acid groups (broad SMARTS) is 1. The molecular weight excluding hydrogens is 244 g/mol. The van der Waals surface area contributed by atoms with E-state index in [1.165, 1.54) is 4.90 Å². The first-order valence-corrected chi connectivity index (χ1v) is 6.26. The quantitative estimate of drug-likeness (QED) is 0.842. The summed E-state index contributed by atoms with van der Waals surface area (Å²) in [6, 6.07) is 0. The molecule has 0 bridgehead atoms. The molecule has 0 aromatic rings. The first-order valence-electron chi connectivity index (χ1n) is 6.26. The summed E-state index contributed by atoms with van der Waals surface area (Å²) in [6.45, 7) is 0.439. The van der Waals surface area contributed by atoms with Gasteiger partial charge < -0.3 is 10.0 Å². The van der Waals surface area contributed by atoms with E-state index in [0.29, 0.717) is 12.8 Å². The largest absolute Gasteiger partial charge is 0.481 e. The molecule has 2 fully saturated rings. The number of halogens is 2. The average Bonchev–Trinajstić information content (AvgIpc) is 2.61. The van der Waals surface area contributed by atoms with Gasteiger partial charge in [0.25, 0.3) is 0 Å². The molecule has 1 aliphatic carbocycles. The maximum Gasteiger partial charge on any atom is 0.308 e. The molecular formula is C12H17F2NO3. The highest BCUT2D eigenvalue weighted by atomic mass is 19.3. The number of hydrogen-bond acceptors (Lipinski definition) is 2. The summed E-state index contributed by atoms with van der Waals surface area (Å²) in [4.78, 5) is 24.0. The van der Waals surface area contributed by atoms with Gasteiger partial charge in [-0.25, -0.2) is 8.78 Å². The molecule has 0 aromatic carbocycles. The van der Waals surface area contributed by atoms with Crippen LogP contribution in [-0.2, 0) is 9.59 Å². The van der Waals surface area contributed by atoms with Crippen LogP contribution in [0.3, 0.4) is 0 Å². The molecule has 2 aliphatic rings. The lowest BCUT2D eigenvalue weighted by Crippen LogP contribution is -2.44. The lowest BCUT2D eigenvalue weighted by molar-refractivity contribution is -0.147. The fourth-order valence-corrected chi connectivity index (χ4v) is 2.80. The Morgan fingerprint density at radius 1 is 1.44 bits per heavy atom. The first-order chi connectivity index (χ1) is 8.37. The fraction of sp³-hybridized carbons (Fsp3) is 0.833.